The van der Waals surface area contributed by atoms with Gasteiger partial charge in [0.05, 0.1) is 7.11 Å². The smallest absolute Gasteiger partial charge is 0.371 e. The first-order chi connectivity index (χ1) is 12.5. The van der Waals surface area contributed by atoms with Gasteiger partial charge in [-0.25, -0.2) is 4.79 Å². The number of carboxylic acid groups (broad SMARTS) is 1. The molecule has 0 aliphatic rings. The molecule has 3 aromatic rings. The van der Waals surface area contributed by atoms with Crippen LogP contribution in [-0.4, -0.2) is 18.2 Å². The number of benzene rings is 2. The summed E-state index contributed by atoms with van der Waals surface area (Å²) in [5.41, 5.74) is 4.07. The van der Waals surface area contributed by atoms with Crippen LogP contribution in [0.3, 0.4) is 0 Å². The maximum Gasteiger partial charge on any atom is 0.371 e. The van der Waals surface area contributed by atoms with Crippen LogP contribution in [0.5, 0.6) is 11.5 Å². The highest BCUT2D eigenvalue weighted by molar-refractivity contribution is 5.84. The van der Waals surface area contributed by atoms with Crippen molar-refractivity contribution in [3.63, 3.8) is 0 Å². The fourth-order valence-corrected chi connectivity index (χ4v) is 2.75. The van der Waals surface area contributed by atoms with Crippen LogP contribution in [0.15, 0.2) is 52.9 Å². The van der Waals surface area contributed by atoms with Gasteiger partial charge in [0.25, 0.3) is 0 Å². The second-order valence-electron chi connectivity index (χ2n) is 5.99. The Morgan fingerprint density at radius 2 is 1.73 bits per heavy atom. The number of aryl methyl sites for hydroxylation is 2. The number of rotatable bonds is 6. The molecule has 0 spiro atoms. The topological polar surface area (TPSA) is 68.9 Å². The van der Waals surface area contributed by atoms with E-state index in [4.69, 9.17) is 19.0 Å². The molecule has 134 valence electrons. The van der Waals surface area contributed by atoms with Crippen LogP contribution in [0.1, 0.15) is 27.4 Å². The molecule has 0 aliphatic carbocycles. The number of furan rings is 1. The molecule has 2 aromatic carbocycles. The predicted molar refractivity (Wildman–Crippen MR) is 97.9 cm³/mol. The molecule has 5 heteroatoms. The van der Waals surface area contributed by atoms with Gasteiger partial charge in [0.2, 0.25) is 5.76 Å². The monoisotopic (exact) mass is 352 g/mol. The zero-order valence-corrected chi connectivity index (χ0v) is 14.9. The van der Waals surface area contributed by atoms with Crippen molar-refractivity contribution < 1.29 is 23.8 Å². The van der Waals surface area contributed by atoms with Crippen LogP contribution in [0.4, 0.5) is 0 Å². The van der Waals surface area contributed by atoms with Crippen molar-refractivity contribution in [2.75, 3.05) is 7.11 Å². The normalized spacial score (nSPS) is 10.6. The van der Waals surface area contributed by atoms with E-state index in [1.165, 1.54) is 6.07 Å². The van der Waals surface area contributed by atoms with Crippen molar-refractivity contribution >= 4 is 5.97 Å². The van der Waals surface area contributed by atoms with E-state index in [1.54, 1.807) is 14.0 Å². The lowest BCUT2D eigenvalue weighted by molar-refractivity contribution is 0.0661. The molecule has 0 radical (unpaired) electrons. The molecule has 26 heavy (non-hydrogen) atoms. The van der Waals surface area contributed by atoms with Gasteiger partial charge in [0, 0.05) is 5.56 Å². The summed E-state index contributed by atoms with van der Waals surface area (Å²) in [5, 5.41) is 8.96. The van der Waals surface area contributed by atoms with Gasteiger partial charge in [-0.05, 0) is 60.9 Å². The van der Waals surface area contributed by atoms with Crippen molar-refractivity contribution in [3.05, 3.63) is 71.2 Å². The minimum atomic E-state index is -1.08. The summed E-state index contributed by atoms with van der Waals surface area (Å²) >= 11 is 0. The Kier molecular flexibility index (Phi) is 4.98. The molecule has 0 atom stereocenters. The van der Waals surface area contributed by atoms with Crippen molar-refractivity contribution in [1.29, 1.82) is 0 Å². The molecule has 0 unspecified atom stereocenters. The lowest BCUT2D eigenvalue weighted by Gasteiger charge is -2.10. The number of carbonyl (C=O) groups is 1. The summed E-state index contributed by atoms with van der Waals surface area (Å²) in [6.45, 7) is 4.02. The van der Waals surface area contributed by atoms with Crippen molar-refractivity contribution in [2.24, 2.45) is 0 Å². The number of aromatic carboxylic acids is 1. The molecular formula is C21H20O5. The Hall–Kier alpha value is -3.21. The molecule has 0 amide bonds. The van der Waals surface area contributed by atoms with Crippen LogP contribution in [-0.2, 0) is 6.61 Å². The average Bonchev–Trinajstić information content (AvgIpc) is 3.01. The highest BCUT2D eigenvalue weighted by atomic mass is 16.5. The van der Waals surface area contributed by atoms with Crippen LogP contribution in [0.25, 0.3) is 11.1 Å². The molecule has 0 fully saturated rings. The summed E-state index contributed by atoms with van der Waals surface area (Å²) < 4.78 is 16.2. The van der Waals surface area contributed by atoms with E-state index in [0.29, 0.717) is 11.5 Å². The molecule has 0 aliphatic heterocycles. The third-order valence-electron chi connectivity index (χ3n) is 4.22. The molecule has 1 N–H and O–H groups in total. The van der Waals surface area contributed by atoms with E-state index in [9.17, 15) is 4.79 Å². The molecule has 3 rings (SSSR count). The van der Waals surface area contributed by atoms with Crippen molar-refractivity contribution in [1.82, 2.24) is 0 Å². The van der Waals surface area contributed by atoms with Gasteiger partial charge in [-0.3, -0.25) is 0 Å². The second-order valence-corrected chi connectivity index (χ2v) is 5.99. The molecular weight excluding hydrogens is 332 g/mol. The lowest BCUT2D eigenvalue weighted by atomic mass is 10.0. The summed E-state index contributed by atoms with van der Waals surface area (Å²) in [5.74, 6) is 0.928. The van der Waals surface area contributed by atoms with Crippen LogP contribution in [0, 0.1) is 13.8 Å². The fraction of sp³-hybridized carbons (Fsp3) is 0.190. The minimum Gasteiger partial charge on any atom is -0.497 e. The van der Waals surface area contributed by atoms with Gasteiger partial charge in [-0.1, -0.05) is 18.2 Å². The number of methoxy groups -OCH3 is 1. The van der Waals surface area contributed by atoms with E-state index in [1.807, 2.05) is 49.4 Å². The molecule has 1 heterocycles. The Bertz CT molecular complexity index is 922. The Morgan fingerprint density at radius 1 is 1.04 bits per heavy atom. The van der Waals surface area contributed by atoms with Gasteiger partial charge in [0.1, 0.15) is 23.9 Å². The highest BCUT2D eigenvalue weighted by Crippen LogP contribution is 2.28. The van der Waals surface area contributed by atoms with Crippen LogP contribution < -0.4 is 9.47 Å². The first-order valence-electron chi connectivity index (χ1n) is 8.18. The van der Waals surface area contributed by atoms with E-state index < -0.39 is 5.97 Å². The zero-order valence-electron chi connectivity index (χ0n) is 14.9. The van der Waals surface area contributed by atoms with E-state index in [-0.39, 0.29) is 12.4 Å². The van der Waals surface area contributed by atoms with Gasteiger partial charge in [-0.15, -0.1) is 0 Å². The SMILES string of the molecule is COc1ccc(-c2ccc(OCc3cc(C(=O)O)oc3C)cc2)c(C)c1. The molecule has 0 saturated heterocycles. The molecule has 0 saturated carbocycles. The van der Waals surface area contributed by atoms with E-state index in [0.717, 1.165) is 28.0 Å². The largest absolute Gasteiger partial charge is 0.497 e. The lowest BCUT2D eigenvalue weighted by Crippen LogP contribution is -1.96. The standard InChI is InChI=1S/C21H20O5/c1-13-10-18(24-3)8-9-19(13)15-4-6-17(7-5-15)25-12-16-11-20(21(22)23)26-14(16)2/h4-11H,12H2,1-3H3,(H,22,23). The Balaban J connectivity index is 1.71. The first kappa shape index (κ1) is 17.6. The Labute approximate surface area is 151 Å². The maximum atomic E-state index is 10.9. The number of hydrogen-bond acceptors (Lipinski definition) is 4. The van der Waals surface area contributed by atoms with Gasteiger partial charge in [-0.2, -0.15) is 0 Å². The van der Waals surface area contributed by atoms with Crippen molar-refractivity contribution in [2.45, 2.75) is 20.5 Å². The predicted octanol–water partition coefficient (Wildman–Crippen LogP) is 4.85. The second kappa shape index (κ2) is 7.35. The van der Waals surface area contributed by atoms with Gasteiger partial charge < -0.3 is 19.0 Å². The molecule has 0 bridgehead atoms. The van der Waals surface area contributed by atoms with Crippen molar-refractivity contribution in [3.8, 4) is 22.6 Å². The summed E-state index contributed by atoms with van der Waals surface area (Å²) in [6, 6.07) is 15.2. The summed E-state index contributed by atoms with van der Waals surface area (Å²) in [6.07, 6.45) is 0. The van der Waals surface area contributed by atoms with E-state index >= 15 is 0 Å². The first-order valence-corrected chi connectivity index (χ1v) is 8.18. The third-order valence-corrected chi connectivity index (χ3v) is 4.22. The maximum absolute atomic E-state index is 10.9. The van der Waals surface area contributed by atoms with Crippen LogP contribution >= 0.6 is 0 Å². The molecule has 1 aromatic heterocycles. The third kappa shape index (κ3) is 3.72. The number of carboxylic acids is 1. The number of hydrogen-bond donors (Lipinski definition) is 1. The average molecular weight is 352 g/mol. The quantitative estimate of drug-likeness (QED) is 0.687. The highest BCUT2D eigenvalue weighted by Gasteiger charge is 2.13. The van der Waals surface area contributed by atoms with E-state index in [2.05, 4.69) is 0 Å². The molecule has 5 nitrogen and oxygen atoms in total. The number of ether oxygens (including phenoxy) is 2. The Morgan fingerprint density at radius 3 is 2.31 bits per heavy atom. The zero-order chi connectivity index (χ0) is 18.7. The van der Waals surface area contributed by atoms with Gasteiger partial charge >= 0.3 is 5.97 Å². The minimum absolute atomic E-state index is 0.0774. The fourth-order valence-electron chi connectivity index (χ4n) is 2.75. The summed E-state index contributed by atoms with van der Waals surface area (Å²) in [7, 11) is 1.65. The summed E-state index contributed by atoms with van der Waals surface area (Å²) in [4.78, 5) is 10.9. The van der Waals surface area contributed by atoms with Crippen LogP contribution in [0.2, 0.25) is 0 Å². The van der Waals surface area contributed by atoms with Gasteiger partial charge in [0.15, 0.2) is 0 Å².